The quantitative estimate of drug-likeness (QED) is 0.292. The summed E-state index contributed by atoms with van der Waals surface area (Å²) in [6, 6.07) is 5.30. The lowest BCUT2D eigenvalue weighted by molar-refractivity contribution is -0.387. The van der Waals surface area contributed by atoms with Gasteiger partial charge in [0.25, 0.3) is 0 Å². The monoisotopic (exact) mass is 384 g/mol. The lowest BCUT2D eigenvalue weighted by atomic mass is 10.0. The molecule has 1 aromatic heterocycles. The number of nitrogens with one attached hydrogen (secondary N) is 1. The molecule has 0 aliphatic carbocycles. The van der Waals surface area contributed by atoms with Gasteiger partial charge < -0.3 is 10.1 Å². The Morgan fingerprint density at radius 3 is 2.79 bits per heavy atom. The second kappa shape index (κ2) is 9.40. The van der Waals surface area contributed by atoms with Crippen LogP contribution in [0.4, 0.5) is 21.7 Å². The van der Waals surface area contributed by atoms with E-state index in [4.69, 9.17) is 4.74 Å². The summed E-state index contributed by atoms with van der Waals surface area (Å²) in [4.78, 5) is 18.7. The van der Waals surface area contributed by atoms with E-state index >= 15 is 0 Å². The molecular formula is C20H21FN4O3. The molecule has 0 radical (unpaired) electrons. The molecule has 2 rings (SSSR count). The van der Waals surface area contributed by atoms with Crippen LogP contribution in [0.25, 0.3) is 5.57 Å². The van der Waals surface area contributed by atoms with Crippen molar-refractivity contribution in [3.63, 3.8) is 0 Å². The molecule has 0 atom stereocenters. The van der Waals surface area contributed by atoms with Crippen molar-refractivity contribution in [3.8, 4) is 0 Å². The summed E-state index contributed by atoms with van der Waals surface area (Å²) < 4.78 is 18.5. The first-order valence-electron chi connectivity index (χ1n) is 8.42. The Labute approximate surface area is 162 Å². The number of nitro benzene ring substituents is 1. The molecule has 0 unspecified atom stereocenters. The summed E-state index contributed by atoms with van der Waals surface area (Å²) in [5, 5.41) is 13.8. The molecule has 1 heterocycles. The zero-order valence-corrected chi connectivity index (χ0v) is 15.9. The number of hydrogen-bond acceptors (Lipinski definition) is 6. The van der Waals surface area contributed by atoms with Crippen LogP contribution in [0, 0.1) is 15.9 Å². The smallest absolute Gasteiger partial charge is 0.306 e. The Kier molecular flexibility index (Phi) is 6.97. The van der Waals surface area contributed by atoms with Crippen LogP contribution in [-0.4, -0.2) is 22.0 Å². The maximum atomic E-state index is 13.5. The zero-order chi connectivity index (χ0) is 20.7. The van der Waals surface area contributed by atoms with Crippen LogP contribution in [0.2, 0.25) is 0 Å². The first-order valence-corrected chi connectivity index (χ1v) is 8.42. The molecule has 146 valence electrons. The maximum absolute atomic E-state index is 13.5. The van der Waals surface area contributed by atoms with Gasteiger partial charge in [0.1, 0.15) is 5.76 Å². The Balaban J connectivity index is 2.26. The van der Waals surface area contributed by atoms with Crippen LogP contribution >= 0.6 is 0 Å². The first kappa shape index (κ1) is 20.8. The van der Waals surface area contributed by atoms with E-state index in [1.165, 1.54) is 6.07 Å². The number of methoxy groups -OCH3 is 1. The predicted octanol–water partition coefficient (Wildman–Crippen LogP) is 5.17. The normalized spacial score (nSPS) is 10.6. The van der Waals surface area contributed by atoms with Crippen molar-refractivity contribution >= 4 is 22.9 Å². The minimum absolute atomic E-state index is 0.252. The van der Waals surface area contributed by atoms with Crippen LogP contribution < -0.4 is 5.32 Å². The van der Waals surface area contributed by atoms with Crippen LogP contribution in [0.1, 0.15) is 26.0 Å². The van der Waals surface area contributed by atoms with Gasteiger partial charge in [0.15, 0.2) is 0 Å². The van der Waals surface area contributed by atoms with Crippen molar-refractivity contribution in [1.29, 1.82) is 0 Å². The van der Waals surface area contributed by atoms with E-state index in [1.54, 1.807) is 25.4 Å². The van der Waals surface area contributed by atoms with E-state index in [1.807, 2.05) is 19.9 Å². The minimum atomic E-state index is -0.901. The number of aromatic nitrogens is 2. The van der Waals surface area contributed by atoms with E-state index in [0.717, 1.165) is 23.3 Å². The van der Waals surface area contributed by atoms with E-state index in [9.17, 15) is 14.5 Å². The lowest BCUT2D eigenvalue weighted by Crippen LogP contribution is -2.01. The molecular weight excluding hydrogens is 363 g/mol. The van der Waals surface area contributed by atoms with Crippen LogP contribution in [0.3, 0.4) is 0 Å². The number of benzene rings is 1. The summed E-state index contributed by atoms with van der Waals surface area (Å²) in [5.74, 6) is -0.0972. The molecule has 0 aliphatic heterocycles. The van der Waals surface area contributed by atoms with Gasteiger partial charge in [0.2, 0.25) is 11.8 Å². The summed E-state index contributed by atoms with van der Waals surface area (Å²) in [7, 11) is 1.55. The number of anilines is 2. The highest BCUT2D eigenvalue weighted by Gasteiger charge is 2.15. The fourth-order valence-corrected chi connectivity index (χ4v) is 2.39. The SMILES string of the molecule is C=C(/C=C/CC(=C(C)C)c1ccnc(Nc2ccc(F)c([N+](=O)[O-])c2)n1)OC. The number of allylic oxidation sites excluding steroid dienone is 4. The largest absolute Gasteiger partial charge is 0.497 e. The van der Waals surface area contributed by atoms with Gasteiger partial charge in [-0.15, -0.1) is 0 Å². The van der Waals surface area contributed by atoms with Crippen LogP contribution in [0.15, 0.2) is 60.5 Å². The molecule has 2 aromatic rings. The number of rotatable bonds is 8. The fourth-order valence-electron chi connectivity index (χ4n) is 2.39. The molecule has 1 N–H and O–H groups in total. The van der Waals surface area contributed by atoms with Crippen LogP contribution in [0.5, 0.6) is 0 Å². The third-order valence-electron chi connectivity index (χ3n) is 3.86. The standard InChI is InChI=1S/C20H21FN4O3/c1-13(2)16(7-5-6-14(3)28-4)18-10-11-22-20(24-18)23-15-8-9-17(21)19(12-15)25(26)27/h5-6,8-12H,3,7H2,1-2,4H3,(H,22,23,24)/b6-5+. The summed E-state index contributed by atoms with van der Waals surface area (Å²) in [6.45, 7) is 7.70. The van der Waals surface area contributed by atoms with Crippen molar-refractivity contribution in [2.45, 2.75) is 20.3 Å². The summed E-state index contributed by atoms with van der Waals surface area (Å²) >= 11 is 0. The van der Waals surface area contributed by atoms with Crippen molar-refractivity contribution < 1.29 is 14.1 Å². The highest BCUT2D eigenvalue weighted by atomic mass is 19.1. The molecule has 0 fully saturated rings. The molecule has 0 amide bonds. The van der Waals surface area contributed by atoms with Gasteiger partial charge in [0.05, 0.1) is 17.7 Å². The number of nitrogens with zero attached hydrogens (tertiary/aromatic N) is 3. The number of halogens is 1. The topological polar surface area (TPSA) is 90.2 Å². The Morgan fingerprint density at radius 1 is 1.39 bits per heavy atom. The van der Waals surface area contributed by atoms with Gasteiger partial charge in [0, 0.05) is 18.0 Å². The Bertz CT molecular complexity index is 950. The third-order valence-corrected chi connectivity index (χ3v) is 3.86. The highest BCUT2D eigenvalue weighted by molar-refractivity contribution is 5.68. The van der Waals surface area contributed by atoms with E-state index in [0.29, 0.717) is 23.6 Å². The van der Waals surface area contributed by atoms with E-state index < -0.39 is 16.4 Å². The van der Waals surface area contributed by atoms with Crippen LogP contribution in [-0.2, 0) is 4.74 Å². The third kappa shape index (κ3) is 5.47. The number of ether oxygens (including phenoxy) is 1. The fraction of sp³-hybridized carbons (Fsp3) is 0.200. The molecule has 0 saturated carbocycles. The summed E-state index contributed by atoms with van der Waals surface area (Å²) in [5.41, 5.74) is 2.49. The maximum Gasteiger partial charge on any atom is 0.306 e. The second-order valence-electron chi connectivity index (χ2n) is 6.07. The van der Waals surface area contributed by atoms with Gasteiger partial charge in [-0.25, -0.2) is 9.97 Å². The van der Waals surface area contributed by atoms with Gasteiger partial charge in [-0.2, -0.15) is 4.39 Å². The second-order valence-corrected chi connectivity index (χ2v) is 6.07. The molecule has 7 nitrogen and oxygen atoms in total. The van der Waals surface area contributed by atoms with Gasteiger partial charge in [-0.05, 0) is 50.1 Å². The molecule has 1 aromatic carbocycles. The molecule has 8 heteroatoms. The Hall–Kier alpha value is -3.55. The molecule has 0 saturated heterocycles. The Morgan fingerprint density at radius 2 is 2.14 bits per heavy atom. The average molecular weight is 384 g/mol. The average Bonchev–Trinajstić information content (AvgIpc) is 2.66. The van der Waals surface area contributed by atoms with Gasteiger partial charge in [-0.3, -0.25) is 10.1 Å². The molecule has 28 heavy (non-hydrogen) atoms. The lowest BCUT2D eigenvalue weighted by Gasteiger charge is -2.10. The number of nitro groups is 1. The minimum Gasteiger partial charge on any atom is -0.497 e. The van der Waals surface area contributed by atoms with E-state index in [-0.39, 0.29) is 5.95 Å². The van der Waals surface area contributed by atoms with Crippen molar-refractivity contribution in [3.05, 3.63) is 82.2 Å². The zero-order valence-electron chi connectivity index (χ0n) is 15.9. The van der Waals surface area contributed by atoms with Crippen molar-refractivity contribution in [2.24, 2.45) is 0 Å². The first-order chi connectivity index (χ1) is 13.3. The predicted molar refractivity (Wildman–Crippen MR) is 107 cm³/mol. The van der Waals surface area contributed by atoms with Crippen molar-refractivity contribution in [2.75, 3.05) is 12.4 Å². The van der Waals surface area contributed by atoms with E-state index in [2.05, 4.69) is 21.9 Å². The van der Waals surface area contributed by atoms with Crippen molar-refractivity contribution in [1.82, 2.24) is 9.97 Å². The molecule has 0 aliphatic rings. The molecule has 0 bridgehead atoms. The van der Waals surface area contributed by atoms with Gasteiger partial charge in [-0.1, -0.05) is 18.2 Å². The highest BCUT2D eigenvalue weighted by Crippen LogP contribution is 2.25. The molecule has 0 spiro atoms. The van der Waals surface area contributed by atoms with Gasteiger partial charge >= 0.3 is 5.69 Å². The number of hydrogen-bond donors (Lipinski definition) is 1. The summed E-state index contributed by atoms with van der Waals surface area (Å²) in [6.07, 6.45) is 5.90.